The molecular formula is C10H16N4O3. The first-order chi connectivity index (χ1) is 8.10. The molecule has 0 aliphatic heterocycles. The number of carbonyl (C=O) groups excluding carboxylic acids is 1. The number of hydrogen-bond acceptors (Lipinski definition) is 6. The van der Waals surface area contributed by atoms with Crippen molar-refractivity contribution in [2.45, 2.75) is 13.8 Å². The van der Waals surface area contributed by atoms with E-state index in [1.807, 2.05) is 6.92 Å². The van der Waals surface area contributed by atoms with Crippen molar-refractivity contribution in [3.05, 3.63) is 16.7 Å². The van der Waals surface area contributed by atoms with Gasteiger partial charge in [0.1, 0.15) is 12.2 Å². The lowest BCUT2D eigenvalue weighted by Gasteiger charge is -2.21. The van der Waals surface area contributed by atoms with Crippen molar-refractivity contribution in [1.82, 2.24) is 9.97 Å². The molecule has 7 heteroatoms. The zero-order valence-corrected chi connectivity index (χ0v) is 9.90. The van der Waals surface area contributed by atoms with Crippen LogP contribution in [-0.4, -0.2) is 35.6 Å². The van der Waals surface area contributed by atoms with Crippen LogP contribution in [0.2, 0.25) is 0 Å². The fourth-order valence-corrected chi connectivity index (χ4v) is 1.35. The number of nitrogens with one attached hydrogen (secondary N) is 1. The minimum absolute atomic E-state index is 0.00125. The lowest BCUT2D eigenvalue weighted by molar-refractivity contribution is -0.141. The number of nitrogens with zero attached hydrogens (tertiary/aromatic N) is 2. The zero-order chi connectivity index (χ0) is 12.8. The van der Waals surface area contributed by atoms with Crippen LogP contribution in [0.1, 0.15) is 13.8 Å². The number of anilines is 2. The summed E-state index contributed by atoms with van der Waals surface area (Å²) in [5, 5.41) is 0. The minimum atomic E-state index is -0.419. The van der Waals surface area contributed by atoms with Crippen LogP contribution in [0.4, 0.5) is 11.5 Å². The SMILES string of the molecule is CCOC(=O)CN(CC)c1nc[nH]c(=O)c1N. The summed E-state index contributed by atoms with van der Waals surface area (Å²) < 4.78 is 4.83. The molecule has 3 N–H and O–H groups in total. The molecule has 7 nitrogen and oxygen atoms in total. The molecule has 0 radical (unpaired) electrons. The highest BCUT2D eigenvalue weighted by Gasteiger charge is 2.15. The van der Waals surface area contributed by atoms with E-state index in [2.05, 4.69) is 9.97 Å². The van der Waals surface area contributed by atoms with Gasteiger partial charge in [-0.05, 0) is 13.8 Å². The summed E-state index contributed by atoms with van der Waals surface area (Å²) in [4.78, 5) is 30.6. The van der Waals surface area contributed by atoms with E-state index >= 15 is 0 Å². The predicted molar refractivity (Wildman–Crippen MR) is 63.8 cm³/mol. The molecule has 0 aliphatic rings. The Balaban J connectivity index is 2.90. The van der Waals surface area contributed by atoms with E-state index in [1.165, 1.54) is 6.33 Å². The average Bonchev–Trinajstić information content (AvgIpc) is 2.30. The van der Waals surface area contributed by atoms with Crippen molar-refractivity contribution in [3.63, 3.8) is 0 Å². The molecule has 0 saturated heterocycles. The number of carbonyl (C=O) groups is 1. The monoisotopic (exact) mass is 240 g/mol. The Morgan fingerprint density at radius 3 is 2.88 bits per heavy atom. The van der Waals surface area contributed by atoms with Gasteiger partial charge >= 0.3 is 5.97 Å². The second kappa shape index (κ2) is 5.88. The van der Waals surface area contributed by atoms with Gasteiger partial charge in [0.2, 0.25) is 0 Å². The number of likely N-dealkylation sites (N-methyl/N-ethyl adjacent to an activating group) is 1. The van der Waals surface area contributed by atoms with Crippen molar-refractivity contribution in [2.75, 3.05) is 30.3 Å². The number of H-pyrrole nitrogens is 1. The highest BCUT2D eigenvalue weighted by molar-refractivity contribution is 5.77. The first-order valence-electron chi connectivity index (χ1n) is 5.33. The van der Waals surface area contributed by atoms with Crippen LogP contribution in [-0.2, 0) is 9.53 Å². The molecule has 17 heavy (non-hydrogen) atoms. The smallest absolute Gasteiger partial charge is 0.325 e. The normalized spacial score (nSPS) is 10.0. The highest BCUT2D eigenvalue weighted by Crippen LogP contribution is 2.14. The van der Waals surface area contributed by atoms with Crippen LogP contribution in [0, 0.1) is 0 Å². The molecule has 1 rings (SSSR count). The van der Waals surface area contributed by atoms with Gasteiger partial charge in [0, 0.05) is 6.54 Å². The molecule has 0 unspecified atom stereocenters. The van der Waals surface area contributed by atoms with Crippen LogP contribution < -0.4 is 16.2 Å². The van der Waals surface area contributed by atoms with Gasteiger partial charge in [-0.25, -0.2) is 4.98 Å². The third-order valence-electron chi connectivity index (χ3n) is 2.17. The first-order valence-corrected chi connectivity index (χ1v) is 5.33. The Labute approximate surface area is 98.6 Å². The number of aromatic nitrogens is 2. The summed E-state index contributed by atoms with van der Waals surface area (Å²) >= 11 is 0. The topological polar surface area (TPSA) is 101 Å². The molecule has 0 spiro atoms. The van der Waals surface area contributed by atoms with Gasteiger partial charge in [0.05, 0.1) is 12.9 Å². The molecule has 0 amide bonds. The van der Waals surface area contributed by atoms with E-state index in [1.54, 1.807) is 11.8 Å². The lowest BCUT2D eigenvalue weighted by atomic mass is 10.4. The van der Waals surface area contributed by atoms with Crippen LogP contribution in [0.15, 0.2) is 11.1 Å². The molecule has 0 bridgehead atoms. The van der Waals surface area contributed by atoms with E-state index in [4.69, 9.17) is 10.5 Å². The largest absolute Gasteiger partial charge is 0.465 e. The van der Waals surface area contributed by atoms with E-state index in [0.717, 1.165) is 0 Å². The van der Waals surface area contributed by atoms with Crippen molar-refractivity contribution >= 4 is 17.5 Å². The molecule has 0 atom stereocenters. The average molecular weight is 240 g/mol. The first kappa shape index (κ1) is 13.0. The number of ether oxygens (including phenoxy) is 1. The molecule has 0 fully saturated rings. The molecule has 0 saturated carbocycles. The van der Waals surface area contributed by atoms with Crippen molar-refractivity contribution < 1.29 is 9.53 Å². The number of nitrogens with two attached hydrogens (primary N) is 1. The quantitative estimate of drug-likeness (QED) is 0.688. The maximum Gasteiger partial charge on any atom is 0.325 e. The van der Waals surface area contributed by atoms with Gasteiger partial charge in [-0.15, -0.1) is 0 Å². The van der Waals surface area contributed by atoms with Gasteiger partial charge in [-0.1, -0.05) is 0 Å². The second-order valence-corrected chi connectivity index (χ2v) is 3.29. The number of rotatable bonds is 5. The van der Waals surface area contributed by atoms with Crippen molar-refractivity contribution in [3.8, 4) is 0 Å². The lowest BCUT2D eigenvalue weighted by Crippen LogP contribution is -2.33. The fraction of sp³-hybridized carbons (Fsp3) is 0.500. The Morgan fingerprint density at radius 2 is 2.29 bits per heavy atom. The molecule has 1 aromatic heterocycles. The van der Waals surface area contributed by atoms with E-state index < -0.39 is 5.56 Å². The molecule has 94 valence electrons. The van der Waals surface area contributed by atoms with Crippen LogP contribution in [0.3, 0.4) is 0 Å². The van der Waals surface area contributed by atoms with Crippen molar-refractivity contribution in [1.29, 1.82) is 0 Å². The van der Waals surface area contributed by atoms with Gasteiger partial charge in [-0.3, -0.25) is 9.59 Å². The standard InChI is InChI=1S/C10H16N4O3/c1-3-14(5-7(15)17-4-2)9-8(11)10(16)13-6-12-9/h6H,3-5,11H2,1-2H3,(H,12,13,16). The molecule has 0 aromatic carbocycles. The van der Waals surface area contributed by atoms with Gasteiger partial charge in [0.25, 0.3) is 5.56 Å². The third-order valence-corrected chi connectivity index (χ3v) is 2.17. The third kappa shape index (κ3) is 3.20. The summed E-state index contributed by atoms with van der Waals surface area (Å²) in [5.74, 6) is -0.0832. The van der Waals surface area contributed by atoms with Crippen LogP contribution in [0.5, 0.6) is 0 Å². The Kier molecular flexibility index (Phi) is 4.50. The highest BCUT2D eigenvalue weighted by atomic mass is 16.5. The summed E-state index contributed by atoms with van der Waals surface area (Å²) in [6.45, 7) is 4.40. The summed E-state index contributed by atoms with van der Waals surface area (Å²) in [5.41, 5.74) is 5.19. The van der Waals surface area contributed by atoms with Gasteiger partial charge in [0.15, 0.2) is 5.82 Å². The fourth-order valence-electron chi connectivity index (χ4n) is 1.35. The van der Waals surface area contributed by atoms with Crippen LogP contribution >= 0.6 is 0 Å². The Hall–Kier alpha value is -2.05. The van der Waals surface area contributed by atoms with Gasteiger partial charge in [-0.2, -0.15) is 0 Å². The number of esters is 1. The summed E-state index contributed by atoms with van der Waals surface area (Å²) in [7, 11) is 0. The van der Waals surface area contributed by atoms with E-state index in [0.29, 0.717) is 19.0 Å². The Bertz CT molecular complexity index is 443. The molecular weight excluding hydrogens is 224 g/mol. The second-order valence-electron chi connectivity index (χ2n) is 3.29. The molecule has 1 aromatic rings. The predicted octanol–water partition coefficient (Wildman–Crippen LogP) is -0.258. The molecule has 0 aliphatic carbocycles. The maximum absolute atomic E-state index is 11.4. The number of nitrogen functional groups attached to an aromatic ring is 1. The van der Waals surface area contributed by atoms with Crippen molar-refractivity contribution in [2.24, 2.45) is 0 Å². The Morgan fingerprint density at radius 1 is 1.59 bits per heavy atom. The van der Waals surface area contributed by atoms with E-state index in [9.17, 15) is 9.59 Å². The minimum Gasteiger partial charge on any atom is -0.465 e. The van der Waals surface area contributed by atoms with E-state index in [-0.39, 0.29) is 18.2 Å². The van der Waals surface area contributed by atoms with Gasteiger partial charge < -0.3 is 20.4 Å². The maximum atomic E-state index is 11.4. The number of hydrogen-bond donors (Lipinski definition) is 2. The summed E-state index contributed by atoms with van der Waals surface area (Å²) in [6.07, 6.45) is 1.25. The number of aromatic amines is 1. The zero-order valence-electron chi connectivity index (χ0n) is 9.90. The summed E-state index contributed by atoms with van der Waals surface area (Å²) in [6, 6.07) is 0. The van der Waals surface area contributed by atoms with Crippen LogP contribution in [0.25, 0.3) is 0 Å². The molecule has 1 heterocycles.